The van der Waals surface area contributed by atoms with Crippen LogP contribution in [0.5, 0.6) is 11.5 Å². The van der Waals surface area contributed by atoms with Gasteiger partial charge in [-0.25, -0.2) is 8.78 Å². The molecule has 3 aliphatic rings. The van der Waals surface area contributed by atoms with Gasteiger partial charge in [0.15, 0.2) is 5.60 Å². The molecule has 0 bridgehead atoms. The number of amidine groups is 1. The van der Waals surface area contributed by atoms with Crippen LogP contribution in [0.3, 0.4) is 0 Å². The van der Waals surface area contributed by atoms with Gasteiger partial charge in [0, 0.05) is 44.4 Å². The highest BCUT2D eigenvalue weighted by Crippen LogP contribution is 2.43. The minimum atomic E-state index is -0.668. The number of halogens is 2. The summed E-state index contributed by atoms with van der Waals surface area (Å²) in [5.41, 5.74) is 0.925. The number of oxime groups is 1. The van der Waals surface area contributed by atoms with E-state index in [1.807, 2.05) is 32.9 Å². The predicted molar refractivity (Wildman–Crippen MR) is 155 cm³/mol. The van der Waals surface area contributed by atoms with Crippen LogP contribution in [0.4, 0.5) is 8.78 Å². The van der Waals surface area contributed by atoms with E-state index in [0.29, 0.717) is 43.4 Å². The molecule has 8 nitrogen and oxygen atoms in total. The molecule has 1 spiro atoms. The van der Waals surface area contributed by atoms with E-state index in [1.165, 1.54) is 12.1 Å². The lowest BCUT2D eigenvalue weighted by atomic mass is 9.76. The first kappa shape index (κ1) is 30.1. The van der Waals surface area contributed by atoms with Crippen molar-refractivity contribution in [3.63, 3.8) is 0 Å². The second-order valence-electron chi connectivity index (χ2n) is 11.4. The van der Waals surface area contributed by atoms with Crippen molar-refractivity contribution in [1.29, 1.82) is 0 Å². The highest BCUT2D eigenvalue weighted by molar-refractivity contribution is 5.85. The molecular weight excluding hydrogens is 544 g/mol. The Labute approximate surface area is 246 Å². The molecule has 10 heteroatoms. The molecule has 2 saturated heterocycles. The summed E-state index contributed by atoms with van der Waals surface area (Å²) in [6.45, 7) is 12.4. The molecule has 42 heavy (non-hydrogen) atoms. The first-order valence-corrected chi connectivity index (χ1v) is 15.0. The van der Waals surface area contributed by atoms with E-state index in [-0.39, 0.29) is 17.1 Å². The predicted octanol–water partition coefficient (Wildman–Crippen LogP) is 5.77. The van der Waals surface area contributed by atoms with Crippen LogP contribution in [0.15, 0.2) is 35.5 Å². The fraction of sp³-hybridized carbons (Fsp3) is 0.562. The van der Waals surface area contributed by atoms with E-state index < -0.39 is 17.0 Å². The molecule has 0 radical (unpaired) electrons. The second-order valence-corrected chi connectivity index (χ2v) is 11.4. The first-order chi connectivity index (χ1) is 20.2. The van der Waals surface area contributed by atoms with Crippen LogP contribution in [0.25, 0.3) is 11.1 Å². The molecule has 0 unspecified atom stereocenters. The van der Waals surface area contributed by atoms with Gasteiger partial charge in [0.05, 0.1) is 37.2 Å². The van der Waals surface area contributed by atoms with Crippen molar-refractivity contribution in [1.82, 2.24) is 9.80 Å². The maximum atomic E-state index is 14.8. The molecule has 0 atom stereocenters. The number of esters is 1. The average Bonchev–Trinajstić information content (AvgIpc) is 3.40. The van der Waals surface area contributed by atoms with E-state index in [2.05, 4.69) is 21.9 Å². The Balaban J connectivity index is 1.23. The molecule has 0 aliphatic carbocycles. The zero-order valence-corrected chi connectivity index (χ0v) is 25.0. The number of hydrogen-bond donors (Lipinski definition) is 0. The minimum Gasteiger partial charge on any atom is -0.493 e. The SMILES string of the molecule is CCOC(=O)C1(CC)CCN(C2=NOC3(C2)CN(Cc2cc(OCC)c(-c4ccc(F)cc4F)c(OCC)c2)C3)CC1. The van der Waals surface area contributed by atoms with Gasteiger partial charge in [-0.15, -0.1) is 0 Å². The monoisotopic (exact) mass is 585 g/mol. The lowest BCUT2D eigenvalue weighted by Gasteiger charge is -2.46. The third-order valence-electron chi connectivity index (χ3n) is 8.65. The lowest BCUT2D eigenvalue weighted by molar-refractivity contribution is -0.158. The molecule has 5 rings (SSSR count). The largest absolute Gasteiger partial charge is 0.493 e. The first-order valence-electron chi connectivity index (χ1n) is 15.0. The summed E-state index contributed by atoms with van der Waals surface area (Å²) >= 11 is 0. The van der Waals surface area contributed by atoms with Crippen molar-refractivity contribution in [2.75, 3.05) is 46.0 Å². The Hall–Kier alpha value is -3.40. The maximum Gasteiger partial charge on any atom is 0.312 e. The molecule has 2 aromatic rings. The van der Waals surface area contributed by atoms with Gasteiger partial charge in [0.25, 0.3) is 0 Å². The summed E-state index contributed by atoms with van der Waals surface area (Å²) in [5, 5.41) is 4.46. The van der Waals surface area contributed by atoms with Gasteiger partial charge >= 0.3 is 5.97 Å². The van der Waals surface area contributed by atoms with Crippen LogP contribution in [0.2, 0.25) is 0 Å². The van der Waals surface area contributed by atoms with Crippen molar-refractivity contribution in [2.24, 2.45) is 10.6 Å². The van der Waals surface area contributed by atoms with Crippen LogP contribution in [0, 0.1) is 17.0 Å². The molecule has 228 valence electrons. The molecule has 0 amide bonds. The van der Waals surface area contributed by atoms with Crippen LogP contribution in [-0.2, 0) is 20.9 Å². The Morgan fingerprint density at radius 2 is 1.64 bits per heavy atom. The normalized spacial score (nSPS) is 19.2. The van der Waals surface area contributed by atoms with Gasteiger partial charge in [-0.05, 0) is 69.9 Å². The number of likely N-dealkylation sites (tertiary alicyclic amines) is 2. The van der Waals surface area contributed by atoms with Crippen molar-refractivity contribution < 1.29 is 32.6 Å². The molecule has 2 fully saturated rings. The van der Waals surface area contributed by atoms with Gasteiger partial charge in [0.2, 0.25) is 0 Å². The Morgan fingerprint density at radius 1 is 0.976 bits per heavy atom. The number of nitrogens with zero attached hydrogens (tertiary/aromatic N) is 3. The minimum absolute atomic E-state index is 0.0845. The molecule has 2 aromatic carbocycles. The van der Waals surface area contributed by atoms with Crippen LogP contribution >= 0.6 is 0 Å². The number of hydrogen-bond acceptors (Lipinski definition) is 8. The smallest absolute Gasteiger partial charge is 0.312 e. The topological polar surface area (TPSA) is 72.8 Å². The Morgan fingerprint density at radius 3 is 2.21 bits per heavy atom. The summed E-state index contributed by atoms with van der Waals surface area (Å²) in [5.74, 6) is 0.558. The average molecular weight is 586 g/mol. The zero-order chi connectivity index (χ0) is 29.9. The molecule has 0 N–H and O–H groups in total. The standard InChI is InChI=1S/C32H41F2N3O5/c1-5-31(30(38)41-8-4)11-13-37(14-12-31)28-18-32(42-35-28)20-36(21-32)19-22-15-26(39-6-2)29(27(16-22)40-7-3)24-10-9-23(33)17-25(24)34/h9-10,15-17H,5-8,11-14,18-21H2,1-4H3. The lowest BCUT2D eigenvalue weighted by Crippen LogP contribution is -2.61. The number of benzene rings is 2. The highest BCUT2D eigenvalue weighted by Gasteiger charge is 2.51. The summed E-state index contributed by atoms with van der Waals surface area (Å²) in [4.78, 5) is 23.1. The second kappa shape index (κ2) is 12.5. The van der Waals surface area contributed by atoms with Gasteiger partial charge in [-0.2, -0.15) is 0 Å². The van der Waals surface area contributed by atoms with Gasteiger partial charge < -0.3 is 23.9 Å². The number of rotatable bonds is 10. The van der Waals surface area contributed by atoms with Gasteiger partial charge in [0.1, 0.15) is 29.0 Å². The number of carbonyl (C=O) groups excluding carboxylic acids is 1. The van der Waals surface area contributed by atoms with Crippen LogP contribution in [-0.4, -0.2) is 73.2 Å². The van der Waals surface area contributed by atoms with Crippen LogP contribution < -0.4 is 9.47 Å². The summed E-state index contributed by atoms with van der Waals surface area (Å²) in [6.07, 6.45) is 3.02. The molecule has 0 saturated carbocycles. The molecular formula is C32H41F2N3O5. The van der Waals surface area contributed by atoms with Crippen molar-refractivity contribution >= 4 is 11.8 Å². The third-order valence-corrected chi connectivity index (χ3v) is 8.65. The molecule has 0 aromatic heterocycles. The Bertz CT molecular complexity index is 1290. The maximum absolute atomic E-state index is 14.8. The van der Waals surface area contributed by atoms with Crippen LogP contribution in [0.1, 0.15) is 58.9 Å². The van der Waals surface area contributed by atoms with E-state index in [4.69, 9.17) is 19.0 Å². The fourth-order valence-corrected chi connectivity index (χ4v) is 6.39. The third kappa shape index (κ3) is 5.91. The molecule has 3 aliphatic heterocycles. The van der Waals surface area contributed by atoms with E-state index >= 15 is 0 Å². The van der Waals surface area contributed by atoms with E-state index in [1.54, 1.807) is 0 Å². The summed E-state index contributed by atoms with van der Waals surface area (Å²) in [7, 11) is 0. The van der Waals surface area contributed by atoms with Gasteiger partial charge in [-0.1, -0.05) is 12.1 Å². The van der Waals surface area contributed by atoms with Crippen molar-refractivity contribution in [3.8, 4) is 22.6 Å². The van der Waals surface area contributed by atoms with E-state index in [0.717, 1.165) is 69.3 Å². The highest BCUT2D eigenvalue weighted by atomic mass is 19.1. The summed E-state index contributed by atoms with van der Waals surface area (Å²) in [6, 6.07) is 7.34. The zero-order valence-electron chi connectivity index (χ0n) is 25.0. The molecule has 3 heterocycles. The van der Waals surface area contributed by atoms with Crippen molar-refractivity contribution in [2.45, 2.75) is 65.5 Å². The Kier molecular flexibility index (Phi) is 8.92. The number of ether oxygens (including phenoxy) is 3. The van der Waals surface area contributed by atoms with Crippen molar-refractivity contribution in [3.05, 3.63) is 47.5 Å². The van der Waals surface area contributed by atoms with Gasteiger partial charge in [-0.3, -0.25) is 9.69 Å². The number of piperidine rings is 1. The van der Waals surface area contributed by atoms with E-state index in [9.17, 15) is 13.6 Å². The quantitative estimate of drug-likeness (QED) is 0.328. The number of carbonyl (C=O) groups is 1. The fourth-order valence-electron chi connectivity index (χ4n) is 6.39. The summed E-state index contributed by atoms with van der Waals surface area (Å²) < 4.78 is 45.7.